The third kappa shape index (κ3) is 8.98. The first kappa shape index (κ1) is 40.6. The molecule has 4 heterocycles. The lowest BCUT2D eigenvalue weighted by Crippen LogP contribution is -2.52. The molecule has 5 N–H and O–H groups in total. The van der Waals surface area contributed by atoms with Crippen LogP contribution in [0.1, 0.15) is 102 Å². The number of hydrogen-bond acceptors (Lipinski definition) is 7. The number of nitrogens with zero attached hydrogens (tertiary/aromatic N) is 4. The molecule has 14 heteroatoms. The zero-order valence-electron chi connectivity index (χ0n) is 33.5. The third-order valence-corrected chi connectivity index (χ3v) is 11.0. The summed E-state index contributed by atoms with van der Waals surface area (Å²) in [6.07, 6.45) is 4.81. The second-order valence-electron chi connectivity index (χ2n) is 15.7. The number of imidazole rings is 2. The van der Waals surface area contributed by atoms with E-state index in [9.17, 15) is 24.3 Å². The van der Waals surface area contributed by atoms with Crippen LogP contribution in [0.3, 0.4) is 0 Å². The fraction of sp³-hybridized carbons (Fsp3) is 0.442. The van der Waals surface area contributed by atoms with Crippen LogP contribution >= 0.6 is 0 Å². The van der Waals surface area contributed by atoms with Crippen molar-refractivity contribution in [1.29, 1.82) is 0 Å². The van der Waals surface area contributed by atoms with Crippen molar-refractivity contribution in [3.63, 3.8) is 0 Å². The molecule has 0 unspecified atom stereocenters. The number of nitrogens with one attached hydrogen (secondary N) is 4. The lowest BCUT2D eigenvalue weighted by molar-refractivity contribution is -0.138. The summed E-state index contributed by atoms with van der Waals surface area (Å²) in [4.78, 5) is 70.4. The van der Waals surface area contributed by atoms with Crippen molar-refractivity contribution in [3.05, 3.63) is 83.7 Å². The minimum absolute atomic E-state index is 0.00498. The molecule has 2 aliphatic rings. The van der Waals surface area contributed by atoms with Crippen molar-refractivity contribution in [3.8, 4) is 34.4 Å². The van der Waals surface area contributed by atoms with E-state index in [1.54, 1.807) is 17.3 Å². The van der Waals surface area contributed by atoms with E-state index < -0.39 is 24.3 Å². The van der Waals surface area contributed by atoms with E-state index in [0.717, 1.165) is 59.3 Å². The summed E-state index contributed by atoms with van der Waals surface area (Å²) in [5.41, 5.74) is 5.21. The molecule has 6 atom stereocenters. The van der Waals surface area contributed by atoms with Crippen LogP contribution in [-0.4, -0.2) is 90.1 Å². The first-order valence-electron chi connectivity index (χ1n) is 19.6. The minimum atomic E-state index is -1.22. The molecule has 2 aromatic carbocycles. The topological polar surface area (TPSA) is 186 Å². The first-order valence-corrected chi connectivity index (χ1v) is 19.6. The van der Waals surface area contributed by atoms with Gasteiger partial charge in [0.2, 0.25) is 11.8 Å². The third-order valence-electron chi connectivity index (χ3n) is 11.0. The highest BCUT2D eigenvalue weighted by atomic mass is 16.5. The lowest BCUT2D eigenvalue weighted by Gasteiger charge is -2.32. The number of carbonyl (C=O) groups is 4. The average Bonchev–Trinajstić information content (AvgIpc) is 4.01. The van der Waals surface area contributed by atoms with Gasteiger partial charge in [0, 0.05) is 23.2 Å². The van der Waals surface area contributed by atoms with E-state index in [2.05, 4.69) is 42.4 Å². The van der Waals surface area contributed by atoms with Crippen LogP contribution in [0.15, 0.2) is 60.9 Å². The number of carbonyl (C=O) groups excluding carboxylic acids is 3. The van der Waals surface area contributed by atoms with Crippen LogP contribution in [0, 0.1) is 23.7 Å². The number of aromatic amines is 2. The summed E-state index contributed by atoms with van der Waals surface area (Å²) in [7, 11) is 1.29. The van der Waals surface area contributed by atoms with E-state index in [1.807, 2.05) is 95.0 Å². The molecule has 0 aliphatic carbocycles. The van der Waals surface area contributed by atoms with Crippen molar-refractivity contribution in [2.75, 3.05) is 7.11 Å². The SMILES string of the molecule is COC(=O)N[C@H](C(=O)N1[C@@H](C)CC[C@H]1c1ncc(-c2ccc(C#Cc3ccc(-c4cnc([C@@H]5CC[C@H](C)N5C(=O)[C@@H](NC(=O)O)C(C)C)[nH]4)cc3)cc2)[nH]1)C(C)C. The normalized spacial score (nSPS) is 20.2. The Labute approximate surface area is 333 Å². The number of rotatable bonds is 10. The van der Waals surface area contributed by atoms with Crippen LogP contribution in [0.4, 0.5) is 9.59 Å². The molecule has 14 nitrogen and oxygen atoms in total. The molecule has 0 radical (unpaired) electrons. The molecule has 2 saturated heterocycles. The monoisotopic (exact) mass is 776 g/mol. The zero-order valence-corrected chi connectivity index (χ0v) is 33.5. The van der Waals surface area contributed by atoms with Crippen LogP contribution in [0.25, 0.3) is 22.5 Å². The van der Waals surface area contributed by atoms with Crippen LogP contribution in [-0.2, 0) is 14.3 Å². The largest absolute Gasteiger partial charge is 0.465 e. The van der Waals surface area contributed by atoms with Crippen LogP contribution in [0.5, 0.6) is 0 Å². The fourth-order valence-corrected chi connectivity index (χ4v) is 7.83. The number of likely N-dealkylation sites (tertiary alicyclic amines) is 2. The molecule has 2 aromatic heterocycles. The maximum atomic E-state index is 13.7. The standard InChI is InChI=1S/C43H52N8O6/c1-24(2)36(48-42(54)55)40(52)50-26(5)8-20-34(50)38-44-22-32(46-38)30-16-12-28(13-17-30)10-11-29-14-18-31(19-15-29)33-23-45-39(47-33)35-21-9-27(6)51(35)41(53)37(25(3)4)49-43(56)57-7/h12-19,22-27,34-37,48H,8-9,20-21H2,1-7H3,(H,44,46)(H,45,47)(H,49,56)(H,54,55)/t26-,27-,34-,35-,36-,37-/m0/s1. The Kier molecular flexibility index (Phi) is 12.4. The van der Waals surface area contributed by atoms with Gasteiger partial charge in [-0.05, 0) is 86.8 Å². The molecule has 0 spiro atoms. The Balaban J connectivity index is 1.10. The summed E-state index contributed by atoms with van der Waals surface area (Å²) < 4.78 is 4.77. The predicted molar refractivity (Wildman–Crippen MR) is 215 cm³/mol. The maximum Gasteiger partial charge on any atom is 0.407 e. The van der Waals surface area contributed by atoms with Gasteiger partial charge in [-0.3, -0.25) is 9.59 Å². The number of aromatic nitrogens is 4. The predicted octanol–water partition coefficient (Wildman–Crippen LogP) is 6.64. The molecule has 6 rings (SSSR count). The Hall–Kier alpha value is -6.10. The number of benzene rings is 2. The van der Waals surface area contributed by atoms with E-state index in [4.69, 9.17) is 4.74 Å². The molecule has 0 saturated carbocycles. The molecule has 57 heavy (non-hydrogen) atoms. The van der Waals surface area contributed by atoms with Gasteiger partial charge in [0.05, 0.1) is 43.0 Å². The van der Waals surface area contributed by atoms with Crippen molar-refractivity contribution >= 4 is 24.0 Å². The second kappa shape index (κ2) is 17.4. The van der Waals surface area contributed by atoms with E-state index in [0.29, 0.717) is 11.6 Å². The number of carboxylic acid groups (broad SMARTS) is 1. The van der Waals surface area contributed by atoms with Crippen molar-refractivity contribution in [2.24, 2.45) is 11.8 Å². The Morgan fingerprint density at radius 1 is 0.702 bits per heavy atom. The van der Waals surface area contributed by atoms with Crippen LogP contribution in [0.2, 0.25) is 0 Å². The highest BCUT2D eigenvalue weighted by Gasteiger charge is 2.42. The molecule has 300 valence electrons. The fourth-order valence-electron chi connectivity index (χ4n) is 7.83. The minimum Gasteiger partial charge on any atom is -0.465 e. The molecule has 2 fully saturated rings. The van der Waals surface area contributed by atoms with Crippen molar-refractivity contribution in [2.45, 2.75) is 103 Å². The number of H-pyrrole nitrogens is 2. The van der Waals surface area contributed by atoms with E-state index >= 15 is 0 Å². The number of methoxy groups -OCH3 is 1. The van der Waals surface area contributed by atoms with Gasteiger partial charge in [-0.15, -0.1) is 0 Å². The molecule has 2 aliphatic heterocycles. The van der Waals surface area contributed by atoms with Gasteiger partial charge < -0.3 is 40.2 Å². The van der Waals surface area contributed by atoms with E-state index in [1.165, 1.54) is 7.11 Å². The second-order valence-corrected chi connectivity index (χ2v) is 15.7. The Morgan fingerprint density at radius 3 is 1.47 bits per heavy atom. The number of ether oxygens (including phenoxy) is 1. The number of alkyl carbamates (subject to hydrolysis) is 1. The molecule has 4 amide bonds. The molecular formula is C43H52N8O6. The van der Waals surface area contributed by atoms with Crippen molar-refractivity contribution in [1.82, 2.24) is 40.4 Å². The quantitative estimate of drug-likeness (QED) is 0.111. The van der Waals surface area contributed by atoms with Gasteiger partial charge in [0.25, 0.3) is 0 Å². The van der Waals surface area contributed by atoms with Gasteiger partial charge in [-0.1, -0.05) is 63.8 Å². The smallest absolute Gasteiger partial charge is 0.407 e. The van der Waals surface area contributed by atoms with Gasteiger partial charge in [0.15, 0.2) is 0 Å². The zero-order chi connectivity index (χ0) is 41.0. The van der Waals surface area contributed by atoms with Gasteiger partial charge >= 0.3 is 12.2 Å². The number of amides is 4. The highest BCUT2D eigenvalue weighted by Crippen LogP contribution is 2.38. The van der Waals surface area contributed by atoms with Crippen LogP contribution < -0.4 is 10.6 Å². The summed E-state index contributed by atoms with van der Waals surface area (Å²) in [6.45, 7) is 11.5. The van der Waals surface area contributed by atoms with Gasteiger partial charge in [0.1, 0.15) is 23.7 Å². The van der Waals surface area contributed by atoms with Crippen molar-refractivity contribution < 1.29 is 29.0 Å². The molecular weight excluding hydrogens is 725 g/mol. The highest BCUT2D eigenvalue weighted by molar-refractivity contribution is 5.87. The summed E-state index contributed by atoms with van der Waals surface area (Å²) in [5.74, 6) is 7.15. The summed E-state index contributed by atoms with van der Waals surface area (Å²) >= 11 is 0. The lowest BCUT2D eigenvalue weighted by atomic mass is 10.0. The Bertz CT molecular complexity index is 2130. The average molecular weight is 777 g/mol. The molecule has 4 aromatic rings. The Morgan fingerprint density at radius 2 is 1.11 bits per heavy atom. The van der Waals surface area contributed by atoms with Gasteiger partial charge in [-0.25, -0.2) is 19.6 Å². The summed E-state index contributed by atoms with van der Waals surface area (Å²) in [6, 6.07) is 13.6. The number of hydrogen-bond donors (Lipinski definition) is 5. The maximum absolute atomic E-state index is 13.7. The first-order chi connectivity index (χ1) is 27.2. The molecule has 0 bridgehead atoms. The summed E-state index contributed by atoms with van der Waals surface area (Å²) in [5, 5.41) is 14.4. The van der Waals surface area contributed by atoms with E-state index in [-0.39, 0.29) is 47.8 Å². The van der Waals surface area contributed by atoms with Gasteiger partial charge in [-0.2, -0.15) is 0 Å².